The molecule has 136 valence electrons. The average Bonchev–Trinajstić information content (AvgIpc) is 2.39. The van der Waals surface area contributed by atoms with Crippen LogP contribution in [0.1, 0.15) is 66.7 Å². The van der Waals surface area contributed by atoms with E-state index in [2.05, 4.69) is 24.5 Å². The van der Waals surface area contributed by atoms with E-state index in [1.807, 2.05) is 0 Å². The molecule has 0 unspecified atom stereocenters. The predicted octanol–water partition coefficient (Wildman–Crippen LogP) is 2.56. The van der Waals surface area contributed by atoms with E-state index < -0.39 is 17.7 Å². The van der Waals surface area contributed by atoms with Gasteiger partial charge in [0.1, 0.15) is 11.6 Å². The van der Waals surface area contributed by atoms with Crippen molar-refractivity contribution >= 4 is 12.0 Å². The highest BCUT2D eigenvalue weighted by atomic mass is 16.6. The first-order valence-electron chi connectivity index (χ1n) is 8.63. The molecule has 23 heavy (non-hydrogen) atoms. The standard InChI is InChI=1S/C17H35N3O3/c1-13(2)10-12-19-15(21)14(9-7-6-8-11-18)20-16(22)23-17(3,4)5/h13-14H,6-12,18H2,1-5H3,(H,19,21)(H,20,22)/t14-/m0/s1. The maximum Gasteiger partial charge on any atom is 0.408 e. The minimum absolute atomic E-state index is 0.149. The molecule has 0 radical (unpaired) electrons. The van der Waals surface area contributed by atoms with Gasteiger partial charge in [-0.1, -0.05) is 26.7 Å². The van der Waals surface area contributed by atoms with Crippen molar-refractivity contribution in [3.63, 3.8) is 0 Å². The predicted molar refractivity (Wildman–Crippen MR) is 93.1 cm³/mol. The van der Waals surface area contributed by atoms with Crippen LogP contribution in [0.4, 0.5) is 4.79 Å². The maximum atomic E-state index is 12.3. The molecule has 2 amide bonds. The molecular weight excluding hydrogens is 294 g/mol. The number of hydrogen-bond acceptors (Lipinski definition) is 4. The summed E-state index contributed by atoms with van der Waals surface area (Å²) in [5, 5.41) is 5.57. The summed E-state index contributed by atoms with van der Waals surface area (Å²) in [5.74, 6) is 0.376. The van der Waals surface area contributed by atoms with E-state index in [-0.39, 0.29) is 5.91 Å². The summed E-state index contributed by atoms with van der Waals surface area (Å²) in [4.78, 5) is 24.2. The highest BCUT2D eigenvalue weighted by Crippen LogP contribution is 2.09. The third kappa shape index (κ3) is 12.9. The van der Waals surface area contributed by atoms with Gasteiger partial charge in [-0.05, 0) is 52.5 Å². The molecule has 0 aromatic heterocycles. The van der Waals surface area contributed by atoms with E-state index >= 15 is 0 Å². The first-order valence-corrected chi connectivity index (χ1v) is 8.63. The third-order valence-electron chi connectivity index (χ3n) is 3.23. The van der Waals surface area contributed by atoms with Crippen molar-refractivity contribution in [3.8, 4) is 0 Å². The van der Waals surface area contributed by atoms with Crippen molar-refractivity contribution in [1.82, 2.24) is 10.6 Å². The summed E-state index contributed by atoms with van der Waals surface area (Å²) in [7, 11) is 0. The van der Waals surface area contributed by atoms with E-state index in [1.165, 1.54) is 0 Å². The summed E-state index contributed by atoms with van der Waals surface area (Å²) < 4.78 is 5.24. The van der Waals surface area contributed by atoms with Crippen LogP contribution in [-0.2, 0) is 9.53 Å². The van der Waals surface area contributed by atoms with Crippen LogP contribution < -0.4 is 16.4 Å². The number of carbonyl (C=O) groups is 2. The molecule has 0 fully saturated rings. The SMILES string of the molecule is CC(C)CCNC(=O)[C@H](CCCCCN)NC(=O)OC(C)(C)C. The lowest BCUT2D eigenvalue weighted by Gasteiger charge is -2.23. The molecular formula is C17H35N3O3. The van der Waals surface area contributed by atoms with E-state index in [0.717, 1.165) is 25.7 Å². The number of nitrogens with two attached hydrogens (primary N) is 1. The Morgan fingerprint density at radius 3 is 2.26 bits per heavy atom. The average molecular weight is 329 g/mol. The number of ether oxygens (including phenoxy) is 1. The highest BCUT2D eigenvalue weighted by molar-refractivity contribution is 5.85. The third-order valence-corrected chi connectivity index (χ3v) is 3.23. The zero-order valence-electron chi connectivity index (χ0n) is 15.4. The molecule has 0 heterocycles. The van der Waals surface area contributed by atoms with Gasteiger partial charge < -0.3 is 21.1 Å². The molecule has 0 spiro atoms. The van der Waals surface area contributed by atoms with Crippen molar-refractivity contribution in [2.24, 2.45) is 11.7 Å². The quantitative estimate of drug-likeness (QED) is 0.537. The topological polar surface area (TPSA) is 93.5 Å². The molecule has 6 nitrogen and oxygen atoms in total. The Morgan fingerprint density at radius 2 is 1.74 bits per heavy atom. The number of amides is 2. The lowest BCUT2D eigenvalue weighted by atomic mass is 10.1. The number of nitrogens with one attached hydrogen (secondary N) is 2. The first kappa shape index (κ1) is 21.7. The molecule has 0 aliphatic carbocycles. The van der Waals surface area contributed by atoms with Gasteiger partial charge in [0.25, 0.3) is 0 Å². The van der Waals surface area contributed by atoms with Crippen molar-refractivity contribution in [1.29, 1.82) is 0 Å². The van der Waals surface area contributed by atoms with Crippen molar-refractivity contribution in [3.05, 3.63) is 0 Å². The van der Waals surface area contributed by atoms with Crippen LogP contribution in [0.5, 0.6) is 0 Å². The normalized spacial score (nSPS) is 12.8. The van der Waals surface area contributed by atoms with Crippen LogP contribution >= 0.6 is 0 Å². The number of carbonyl (C=O) groups excluding carboxylic acids is 2. The van der Waals surface area contributed by atoms with Gasteiger partial charge in [0.15, 0.2) is 0 Å². The molecule has 0 saturated heterocycles. The second kappa shape index (κ2) is 11.3. The summed E-state index contributed by atoms with van der Waals surface area (Å²) >= 11 is 0. The second-order valence-corrected chi connectivity index (χ2v) is 7.31. The molecule has 0 aliphatic heterocycles. The molecule has 4 N–H and O–H groups in total. The van der Waals surface area contributed by atoms with Gasteiger partial charge in [-0.15, -0.1) is 0 Å². The molecule has 0 bridgehead atoms. The Balaban J connectivity index is 4.47. The largest absolute Gasteiger partial charge is 0.444 e. The van der Waals surface area contributed by atoms with Gasteiger partial charge >= 0.3 is 6.09 Å². The van der Waals surface area contributed by atoms with Crippen LogP contribution in [-0.4, -0.2) is 36.7 Å². The van der Waals surface area contributed by atoms with Crippen LogP contribution in [0.15, 0.2) is 0 Å². The fourth-order valence-corrected chi connectivity index (χ4v) is 2.00. The van der Waals surface area contributed by atoms with E-state index in [9.17, 15) is 9.59 Å². The van der Waals surface area contributed by atoms with Gasteiger partial charge in [0.05, 0.1) is 0 Å². The summed E-state index contributed by atoms with van der Waals surface area (Å²) in [5.41, 5.74) is 4.90. The molecule has 6 heteroatoms. The van der Waals surface area contributed by atoms with Crippen molar-refractivity contribution in [2.75, 3.05) is 13.1 Å². The monoisotopic (exact) mass is 329 g/mol. The Labute approximate surface area is 140 Å². The number of rotatable bonds is 10. The molecule has 0 aliphatic rings. The van der Waals surface area contributed by atoms with Gasteiger partial charge in [-0.2, -0.15) is 0 Å². The van der Waals surface area contributed by atoms with E-state index in [1.54, 1.807) is 20.8 Å². The van der Waals surface area contributed by atoms with E-state index in [0.29, 0.717) is 25.4 Å². The highest BCUT2D eigenvalue weighted by Gasteiger charge is 2.23. The first-order chi connectivity index (χ1) is 10.7. The Morgan fingerprint density at radius 1 is 1.09 bits per heavy atom. The van der Waals surface area contributed by atoms with Crippen molar-refractivity contribution < 1.29 is 14.3 Å². The fraction of sp³-hybridized carbons (Fsp3) is 0.882. The smallest absolute Gasteiger partial charge is 0.408 e. The molecule has 0 saturated carbocycles. The van der Waals surface area contributed by atoms with E-state index in [4.69, 9.17) is 10.5 Å². The minimum Gasteiger partial charge on any atom is -0.444 e. The number of alkyl carbamates (subject to hydrolysis) is 1. The number of hydrogen-bond donors (Lipinski definition) is 3. The zero-order valence-corrected chi connectivity index (χ0v) is 15.4. The maximum absolute atomic E-state index is 12.3. The Bertz CT molecular complexity index is 351. The summed E-state index contributed by atoms with van der Waals surface area (Å²) in [6.07, 6.45) is 3.66. The summed E-state index contributed by atoms with van der Waals surface area (Å²) in [6, 6.07) is -0.560. The zero-order chi connectivity index (χ0) is 17.9. The van der Waals surface area contributed by atoms with Gasteiger partial charge in [-0.3, -0.25) is 4.79 Å². The lowest BCUT2D eigenvalue weighted by molar-refractivity contribution is -0.123. The second-order valence-electron chi connectivity index (χ2n) is 7.31. The van der Waals surface area contributed by atoms with Crippen LogP contribution in [0.2, 0.25) is 0 Å². The summed E-state index contributed by atoms with van der Waals surface area (Å²) in [6.45, 7) is 10.9. The molecule has 1 atom stereocenters. The van der Waals surface area contributed by atoms with Crippen LogP contribution in [0.3, 0.4) is 0 Å². The molecule has 0 rings (SSSR count). The van der Waals surface area contributed by atoms with Crippen LogP contribution in [0, 0.1) is 5.92 Å². The number of unbranched alkanes of at least 4 members (excludes halogenated alkanes) is 2. The fourth-order valence-electron chi connectivity index (χ4n) is 2.00. The Kier molecular flexibility index (Phi) is 10.6. The molecule has 0 aromatic carbocycles. The van der Waals surface area contributed by atoms with Gasteiger partial charge in [0, 0.05) is 6.54 Å². The van der Waals surface area contributed by atoms with Gasteiger partial charge in [0.2, 0.25) is 5.91 Å². The van der Waals surface area contributed by atoms with Crippen molar-refractivity contribution in [2.45, 2.75) is 78.4 Å². The minimum atomic E-state index is -0.581. The van der Waals surface area contributed by atoms with Gasteiger partial charge in [-0.25, -0.2) is 4.79 Å². The molecule has 0 aromatic rings. The van der Waals surface area contributed by atoms with Crippen LogP contribution in [0.25, 0.3) is 0 Å². The Hall–Kier alpha value is -1.30. The lowest BCUT2D eigenvalue weighted by Crippen LogP contribution is -2.48.